The molecule has 0 bridgehead atoms. The Hall–Kier alpha value is -4.81. The number of piperidine rings is 4. The lowest BCUT2D eigenvalue weighted by Gasteiger charge is -2.33. The molecular formula is C51H77N7O7. The molecule has 0 spiro atoms. The lowest BCUT2D eigenvalue weighted by atomic mass is 10.0. The van der Waals surface area contributed by atoms with Crippen LogP contribution in [-0.2, 0) is 0 Å². The second-order valence-electron chi connectivity index (χ2n) is 17.9. The van der Waals surface area contributed by atoms with Gasteiger partial charge in [-0.15, -0.1) is 0 Å². The van der Waals surface area contributed by atoms with Gasteiger partial charge in [-0.3, -0.25) is 20.2 Å². The van der Waals surface area contributed by atoms with Gasteiger partial charge in [-0.25, -0.2) is 0 Å². The first-order valence-electron chi connectivity index (χ1n) is 24.4. The molecule has 358 valence electrons. The van der Waals surface area contributed by atoms with Crippen molar-refractivity contribution in [2.24, 2.45) is 5.92 Å². The molecule has 0 radical (unpaired) electrons. The molecule has 14 nitrogen and oxygen atoms in total. The van der Waals surface area contributed by atoms with Crippen LogP contribution >= 0.6 is 0 Å². The molecule has 65 heavy (non-hydrogen) atoms. The summed E-state index contributed by atoms with van der Waals surface area (Å²) in [6, 6.07) is 23.3. The van der Waals surface area contributed by atoms with E-state index in [1.165, 1.54) is 134 Å². The summed E-state index contributed by atoms with van der Waals surface area (Å²) >= 11 is 0. The SMILES string of the molecule is C1CCNCC1.CC1CCCCN1CCCOc1ccc(C#N)cc1.CC1CCCCN1CCCOc1ccc([N+](=O)[O-])cc1.CC1CCCN(CCCOc2ccc([N+](=O)[O-])cc2)C1. The summed E-state index contributed by atoms with van der Waals surface area (Å²) in [5, 5.41) is 33.1. The van der Waals surface area contributed by atoms with E-state index in [0.29, 0.717) is 36.3 Å². The number of rotatable bonds is 17. The van der Waals surface area contributed by atoms with Crippen LogP contribution in [0.2, 0.25) is 0 Å². The van der Waals surface area contributed by atoms with Gasteiger partial charge in [0, 0.05) is 62.5 Å². The van der Waals surface area contributed by atoms with Gasteiger partial charge in [0.1, 0.15) is 17.2 Å². The van der Waals surface area contributed by atoms with Crippen LogP contribution in [0.15, 0.2) is 72.8 Å². The molecule has 0 amide bonds. The van der Waals surface area contributed by atoms with E-state index in [2.05, 4.69) is 46.9 Å². The molecule has 4 heterocycles. The fraction of sp³-hybridized carbons (Fsp3) is 0.627. The maximum Gasteiger partial charge on any atom is 0.269 e. The average molecular weight is 900 g/mol. The number of nitrogens with zero attached hydrogens (tertiary/aromatic N) is 6. The van der Waals surface area contributed by atoms with E-state index in [0.717, 1.165) is 63.2 Å². The third-order valence-electron chi connectivity index (χ3n) is 12.5. The molecule has 4 aliphatic rings. The number of ether oxygens (including phenoxy) is 3. The van der Waals surface area contributed by atoms with E-state index in [9.17, 15) is 20.2 Å². The second-order valence-corrected chi connectivity index (χ2v) is 17.9. The van der Waals surface area contributed by atoms with Crippen molar-refractivity contribution in [3.63, 3.8) is 0 Å². The number of hydrogen-bond donors (Lipinski definition) is 1. The number of nitriles is 1. The van der Waals surface area contributed by atoms with Gasteiger partial charge >= 0.3 is 0 Å². The summed E-state index contributed by atoms with van der Waals surface area (Å²) in [4.78, 5) is 27.8. The van der Waals surface area contributed by atoms with Crippen LogP contribution in [0, 0.1) is 37.5 Å². The van der Waals surface area contributed by atoms with Gasteiger partial charge in [0.2, 0.25) is 0 Å². The van der Waals surface area contributed by atoms with Crippen molar-refractivity contribution in [3.8, 4) is 23.3 Å². The molecule has 0 saturated carbocycles. The predicted molar refractivity (Wildman–Crippen MR) is 259 cm³/mol. The summed E-state index contributed by atoms with van der Waals surface area (Å²) in [7, 11) is 0. The minimum absolute atomic E-state index is 0.0968. The van der Waals surface area contributed by atoms with Crippen molar-refractivity contribution in [2.45, 2.75) is 123 Å². The second kappa shape index (κ2) is 31.2. The van der Waals surface area contributed by atoms with Crippen LogP contribution in [0.25, 0.3) is 0 Å². The Labute approximate surface area is 388 Å². The zero-order chi connectivity index (χ0) is 46.5. The van der Waals surface area contributed by atoms with E-state index in [4.69, 9.17) is 19.5 Å². The van der Waals surface area contributed by atoms with E-state index < -0.39 is 9.85 Å². The highest BCUT2D eigenvalue weighted by atomic mass is 16.6. The topological polar surface area (TPSA) is 160 Å². The lowest BCUT2D eigenvalue weighted by Crippen LogP contribution is -2.38. The Morgan fingerprint density at radius 2 is 1.03 bits per heavy atom. The van der Waals surface area contributed by atoms with Gasteiger partial charge in [-0.2, -0.15) is 5.26 Å². The highest BCUT2D eigenvalue weighted by Crippen LogP contribution is 2.21. The van der Waals surface area contributed by atoms with Crippen molar-refractivity contribution >= 4 is 11.4 Å². The number of likely N-dealkylation sites (tertiary alicyclic amines) is 3. The molecule has 14 heteroatoms. The normalized spacial score (nSPS) is 20.2. The van der Waals surface area contributed by atoms with Crippen LogP contribution in [0.4, 0.5) is 11.4 Å². The molecule has 3 atom stereocenters. The summed E-state index contributed by atoms with van der Waals surface area (Å²) in [5.74, 6) is 3.05. The number of nitrogens with one attached hydrogen (secondary N) is 1. The Bertz CT molecular complexity index is 1780. The first-order valence-corrected chi connectivity index (χ1v) is 24.4. The number of non-ortho nitro benzene ring substituents is 2. The number of hydrogen-bond acceptors (Lipinski definition) is 12. The Balaban J connectivity index is 0.000000200. The lowest BCUT2D eigenvalue weighted by molar-refractivity contribution is -0.385. The van der Waals surface area contributed by atoms with E-state index in [-0.39, 0.29) is 11.4 Å². The summed E-state index contributed by atoms with van der Waals surface area (Å²) in [6.07, 6.45) is 17.9. The third kappa shape index (κ3) is 21.8. The van der Waals surface area contributed by atoms with Crippen molar-refractivity contribution in [1.82, 2.24) is 20.0 Å². The van der Waals surface area contributed by atoms with Crippen molar-refractivity contribution in [3.05, 3.63) is 98.6 Å². The highest BCUT2D eigenvalue weighted by molar-refractivity contribution is 5.37. The number of nitro benzene ring substituents is 2. The molecular weight excluding hydrogens is 823 g/mol. The summed E-state index contributed by atoms with van der Waals surface area (Å²) in [5.41, 5.74) is 0.869. The molecule has 3 aromatic carbocycles. The molecule has 0 aromatic heterocycles. The van der Waals surface area contributed by atoms with Crippen molar-refractivity contribution in [1.29, 1.82) is 5.26 Å². The maximum absolute atomic E-state index is 10.5. The van der Waals surface area contributed by atoms with Crippen molar-refractivity contribution < 1.29 is 24.1 Å². The molecule has 4 aliphatic heterocycles. The largest absolute Gasteiger partial charge is 0.494 e. The highest BCUT2D eigenvalue weighted by Gasteiger charge is 2.19. The first-order chi connectivity index (χ1) is 31.6. The average Bonchev–Trinajstić information content (AvgIpc) is 3.33. The Morgan fingerprint density at radius 3 is 1.40 bits per heavy atom. The summed E-state index contributed by atoms with van der Waals surface area (Å²) < 4.78 is 16.9. The first kappa shape index (κ1) is 52.8. The van der Waals surface area contributed by atoms with E-state index in [1.54, 1.807) is 36.4 Å². The number of benzene rings is 3. The fourth-order valence-electron chi connectivity index (χ4n) is 8.62. The van der Waals surface area contributed by atoms with E-state index >= 15 is 0 Å². The summed E-state index contributed by atoms with van der Waals surface area (Å²) in [6.45, 7) is 19.5. The van der Waals surface area contributed by atoms with Gasteiger partial charge in [0.05, 0.1) is 41.3 Å². The van der Waals surface area contributed by atoms with Crippen LogP contribution in [0.1, 0.15) is 116 Å². The zero-order valence-corrected chi connectivity index (χ0v) is 39.6. The standard InChI is InChI=1S/C16H22N2O.2C15H22N2O3.C5H11N/c1-14-5-2-3-10-18(14)11-4-12-19-16-8-6-15(13-17)7-9-16;1-13-4-2-9-16(12-13)10-3-11-20-15-7-5-14(6-8-15)17(18)19;1-13-5-2-3-10-16(13)11-4-12-20-15-8-6-14(7-9-15)17(18)19;1-2-4-6-5-3-1/h6-9,14H,2-5,10-12H2,1H3;5-8,13H,2-4,9-12H2,1H3;6-9,13H,2-5,10-12H2,1H3;6H,1-5H2. The third-order valence-corrected chi connectivity index (χ3v) is 12.5. The van der Waals surface area contributed by atoms with Gasteiger partial charge in [-0.1, -0.05) is 26.2 Å². The maximum atomic E-state index is 10.5. The molecule has 1 N–H and O–H groups in total. The molecule has 0 aliphatic carbocycles. The minimum Gasteiger partial charge on any atom is -0.494 e. The van der Waals surface area contributed by atoms with Crippen LogP contribution < -0.4 is 19.5 Å². The van der Waals surface area contributed by atoms with Gasteiger partial charge in [0.25, 0.3) is 11.4 Å². The van der Waals surface area contributed by atoms with Crippen molar-refractivity contribution in [2.75, 3.05) is 78.7 Å². The van der Waals surface area contributed by atoms with Crippen LogP contribution in [0.3, 0.4) is 0 Å². The molecule has 3 aromatic rings. The molecule has 3 unspecified atom stereocenters. The monoisotopic (exact) mass is 900 g/mol. The molecule has 7 rings (SSSR count). The zero-order valence-electron chi connectivity index (χ0n) is 39.6. The number of nitro groups is 2. The minimum atomic E-state index is -0.401. The smallest absolute Gasteiger partial charge is 0.269 e. The fourth-order valence-corrected chi connectivity index (χ4v) is 8.62. The van der Waals surface area contributed by atoms with E-state index in [1.807, 2.05) is 12.1 Å². The Morgan fingerprint density at radius 1 is 0.585 bits per heavy atom. The molecule has 4 saturated heterocycles. The van der Waals surface area contributed by atoms with Crippen LogP contribution in [0.5, 0.6) is 17.2 Å². The molecule has 4 fully saturated rings. The van der Waals surface area contributed by atoms with Gasteiger partial charge in [-0.05, 0) is 172 Å². The van der Waals surface area contributed by atoms with Gasteiger partial charge in [0.15, 0.2) is 0 Å². The van der Waals surface area contributed by atoms with Gasteiger partial charge < -0.3 is 34.2 Å². The Kier molecular flexibility index (Phi) is 25.3. The van der Waals surface area contributed by atoms with Crippen LogP contribution in [-0.4, -0.2) is 115 Å². The quantitative estimate of drug-likeness (QED) is 0.0777. The predicted octanol–water partition coefficient (Wildman–Crippen LogP) is 10.3.